The lowest BCUT2D eigenvalue weighted by molar-refractivity contribution is -0.384. The number of aliphatic carboxylic acids is 1. The van der Waals surface area contributed by atoms with Crippen LogP contribution in [0.1, 0.15) is 11.1 Å². The van der Waals surface area contributed by atoms with Crippen molar-refractivity contribution in [3.8, 4) is 0 Å². The maximum atomic E-state index is 12.6. The van der Waals surface area contributed by atoms with Crippen LogP contribution in [0, 0.1) is 10.1 Å². The van der Waals surface area contributed by atoms with Gasteiger partial charge in [0.2, 0.25) is 5.78 Å². The molecule has 9 nitrogen and oxygen atoms in total. The average Bonchev–Trinajstić information content (AvgIpc) is 2.48. The number of fused-ring (bicyclic) bond motifs is 1. The number of hydrogen-bond donors (Lipinski definition) is 3. The molecule has 0 fully saturated rings. The Bertz CT molecular complexity index is 711. The summed E-state index contributed by atoms with van der Waals surface area (Å²) in [5, 5.41) is 24.4. The fraction of sp³-hybridized carbons (Fsp3) is 0.308. The van der Waals surface area contributed by atoms with Gasteiger partial charge >= 0.3 is 5.97 Å². The molecule has 1 aliphatic heterocycles. The number of carboxylic acids is 1. The largest absolute Gasteiger partial charge is 0.480 e. The molecule has 0 unspecified atom stereocenters. The number of nitro benzene ring substituents is 1. The smallest absolute Gasteiger partial charge is 0.323 e. The van der Waals surface area contributed by atoms with Crippen molar-refractivity contribution in [2.45, 2.75) is 19.0 Å². The Hall–Kier alpha value is -2.40. The minimum absolute atomic E-state index is 0. The van der Waals surface area contributed by atoms with Gasteiger partial charge in [0.05, 0.1) is 10.6 Å². The molecule has 0 radical (unpaired) electrons. The summed E-state index contributed by atoms with van der Waals surface area (Å²) in [7, 11) is 0. The zero-order chi connectivity index (χ0) is 17.1. The van der Waals surface area contributed by atoms with Crippen molar-refractivity contribution in [1.82, 2.24) is 5.32 Å². The van der Waals surface area contributed by atoms with Gasteiger partial charge in [0.1, 0.15) is 12.7 Å². The highest BCUT2D eigenvalue weighted by atomic mass is 79.9. The van der Waals surface area contributed by atoms with Gasteiger partial charge in [-0.2, -0.15) is 0 Å². The van der Waals surface area contributed by atoms with E-state index < -0.39 is 35.3 Å². The molecule has 0 spiro atoms. The maximum absolute atomic E-state index is 12.6. The summed E-state index contributed by atoms with van der Waals surface area (Å²) in [6.45, 7) is -1.36. The SMILES string of the molecule is Br.O=C1Cc2c(CN[C@@H](CF)C(=O)O)cc([N+](=O)[O-])cc2NC1=O. The number of carboxylic acid groups (broad SMARTS) is 1. The van der Waals surface area contributed by atoms with Crippen LogP contribution in [0.3, 0.4) is 0 Å². The topological polar surface area (TPSA) is 139 Å². The predicted molar refractivity (Wildman–Crippen MR) is 85.0 cm³/mol. The minimum Gasteiger partial charge on any atom is -0.480 e. The number of anilines is 1. The van der Waals surface area contributed by atoms with E-state index in [9.17, 15) is 28.9 Å². The molecular weight excluding hydrogens is 393 g/mol. The van der Waals surface area contributed by atoms with Gasteiger partial charge in [-0.15, -0.1) is 17.0 Å². The molecule has 3 N–H and O–H groups in total. The molecule has 1 amide bonds. The normalized spacial score (nSPS) is 14.2. The molecule has 1 aromatic rings. The van der Waals surface area contributed by atoms with Crippen LogP contribution < -0.4 is 10.6 Å². The van der Waals surface area contributed by atoms with Crippen molar-refractivity contribution in [3.05, 3.63) is 33.4 Å². The Morgan fingerprint density at radius 2 is 2.12 bits per heavy atom. The molecule has 1 heterocycles. The number of hydrogen-bond acceptors (Lipinski definition) is 6. The van der Waals surface area contributed by atoms with E-state index in [0.717, 1.165) is 12.1 Å². The Morgan fingerprint density at radius 3 is 2.67 bits per heavy atom. The van der Waals surface area contributed by atoms with Crippen LogP contribution in [-0.4, -0.2) is 40.4 Å². The van der Waals surface area contributed by atoms with Crippen molar-refractivity contribution < 1.29 is 28.8 Å². The fourth-order valence-electron chi connectivity index (χ4n) is 2.17. The number of non-ortho nitro benzene ring substituents is 1. The molecule has 2 rings (SSSR count). The number of nitrogens with one attached hydrogen (secondary N) is 2. The number of nitrogens with zero attached hydrogens (tertiary/aromatic N) is 1. The summed E-state index contributed by atoms with van der Waals surface area (Å²) < 4.78 is 12.6. The number of nitro groups is 1. The highest BCUT2D eigenvalue weighted by Gasteiger charge is 2.28. The number of ketones is 1. The van der Waals surface area contributed by atoms with Gasteiger partial charge in [0.25, 0.3) is 11.6 Å². The van der Waals surface area contributed by atoms with Crippen LogP contribution in [0.5, 0.6) is 0 Å². The van der Waals surface area contributed by atoms with Crippen LogP contribution >= 0.6 is 17.0 Å². The molecule has 11 heteroatoms. The molecular formula is C13H13BrFN3O6. The zero-order valence-electron chi connectivity index (χ0n) is 12.1. The average molecular weight is 406 g/mol. The molecule has 0 saturated heterocycles. The number of Topliss-reactive ketones (excluding diaryl/α,β-unsaturated/α-hetero) is 1. The molecule has 1 aliphatic rings. The number of carbonyl (C=O) groups is 3. The first kappa shape index (κ1) is 19.6. The summed E-state index contributed by atoms with van der Waals surface area (Å²) >= 11 is 0. The van der Waals surface area contributed by atoms with E-state index in [1.54, 1.807) is 0 Å². The van der Waals surface area contributed by atoms with Crippen molar-refractivity contribution in [2.75, 3.05) is 12.0 Å². The fourth-order valence-corrected chi connectivity index (χ4v) is 2.17. The van der Waals surface area contributed by atoms with Crippen LogP contribution in [-0.2, 0) is 27.3 Å². The lowest BCUT2D eigenvalue weighted by atomic mass is 9.95. The van der Waals surface area contributed by atoms with E-state index >= 15 is 0 Å². The Kier molecular flexibility index (Phi) is 6.49. The lowest BCUT2D eigenvalue weighted by Gasteiger charge is -2.20. The van der Waals surface area contributed by atoms with Gasteiger partial charge in [0.15, 0.2) is 0 Å². The van der Waals surface area contributed by atoms with E-state index in [1.165, 1.54) is 0 Å². The van der Waals surface area contributed by atoms with Crippen molar-refractivity contribution in [2.24, 2.45) is 0 Å². The first-order valence-electron chi connectivity index (χ1n) is 6.50. The highest BCUT2D eigenvalue weighted by Crippen LogP contribution is 2.30. The number of alkyl halides is 1. The Labute approximate surface area is 145 Å². The summed E-state index contributed by atoms with van der Waals surface area (Å²) in [5.41, 5.74) is 0.382. The third-order valence-electron chi connectivity index (χ3n) is 3.37. The Balaban J connectivity index is 0.00000288. The predicted octanol–water partition coefficient (Wildman–Crippen LogP) is 0.749. The summed E-state index contributed by atoms with van der Waals surface area (Å²) in [4.78, 5) is 43.9. The first-order valence-corrected chi connectivity index (χ1v) is 6.50. The molecule has 0 bridgehead atoms. The molecule has 0 aliphatic carbocycles. The van der Waals surface area contributed by atoms with E-state index in [2.05, 4.69) is 10.6 Å². The number of benzene rings is 1. The number of amides is 1. The molecule has 0 saturated carbocycles. The van der Waals surface area contributed by atoms with E-state index in [0.29, 0.717) is 5.56 Å². The lowest BCUT2D eigenvalue weighted by Crippen LogP contribution is -2.38. The maximum Gasteiger partial charge on any atom is 0.323 e. The third kappa shape index (κ3) is 4.11. The van der Waals surface area contributed by atoms with Gasteiger partial charge < -0.3 is 10.4 Å². The summed E-state index contributed by atoms with van der Waals surface area (Å²) in [6, 6.07) is 0.805. The van der Waals surface area contributed by atoms with E-state index in [-0.39, 0.29) is 46.9 Å². The van der Waals surface area contributed by atoms with Crippen molar-refractivity contribution in [3.63, 3.8) is 0 Å². The van der Waals surface area contributed by atoms with E-state index in [4.69, 9.17) is 5.11 Å². The number of rotatable bonds is 6. The van der Waals surface area contributed by atoms with Gasteiger partial charge in [-0.1, -0.05) is 0 Å². The van der Waals surface area contributed by atoms with Gasteiger partial charge in [-0.25, -0.2) is 4.39 Å². The van der Waals surface area contributed by atoms with Gasteiger partial charge in [-0.3, -0.25) is 29.8 Å². The second-order valence-corrected chi connectivity index (χ2v) is 4.87. The van der Waals surface area contributed by atoms with Crippen LogP contribution in [0.15, 0.2) is 12.1 Å². The molecule has 24 heavy (non-hydrogen) atoms. The second kappa shape index (κ2) is 7.93. The monoisotopic (exact) mass is 405 g/mol. The first-order chi connectivity index (χ1) is 10.8. The van der Waals surface area contributed by atoms with Crippen LogP contribution in [0.25, 0.3) is 0 Å². The zero-order valence-corrected chi connectivity index (χ0v) is 13.8. The summed E-state index contributed by atoms with van der Waals surface area (Å²) in [6.07, 6.45) is -0.260. The van der Waals surface area contributed by atoms with Crippen LogP contribution in [0.2, 0.25) is 0 Å². The van der Waals surface area contributed by atoms with Crippen molar-refractivity contribution in [1.29, 1.82) is 0 Å². The van der Waals surface area contributed by atoms with Gasteiger partial charge in [-0.05, 0) is 11.1 Å². The minimum atomic E-state index is -1.47. The molecule has 1 aromatic carbocycles. The number of carbonyl (C=O) groups excluding carboxylic acids is 2. The van der Waals surface area contributed by atoms with Gasteiger partial charge in [0, 0.05) is 25.1 Å². The number of halogens is 2. The quantitative estimate of drug-likeness (QED) is 0.360. The van der Waals surface area contributed by atoms with Crippen molar-refractivity contribution >= 4 is 46.0 Å². The van der Waals surface area contributed by atoms with Crippen LogP contribution in [0.4, 0.5) is 15.8 Å². The second-order valence-electron chi connectivity index (χ2n) is 4.87. The van der Waals surface area contributed by atoms with E-state index in [1.807, 2.05) is 0 Å². The standard InChI is InChI=1S/C13H12FN3O6.BrH/c14-4-10(13(20)21)15-5-6-1-7(17(22)23)2-9-8(6)3-11(18)12(19)16-9;/h1-2,10,15H,3-5H2,(H,16,19)(H,20,21);1H/t10-;/m0./s1. The highest BCUT2D eigenvalue weighted by molar-refractivity contribution is 8.93. The molecule has 1 atom stereocenters. The molecule has 0 aromatic heterocycles. The Morgan fingerprint density at radius 1 is 1.46 bits per heavy atom. The third-order valence-corrected chi connectivity index (χ3v) is 3.37. The summed E-state index contributed by atoms with van der Waals surface area (Å²) in [5.74, 6) is -2.99. The molecule has 130 valence electrons.